The molecule has 3 atom stereocenters. The normalized spacial score (nSPS) is 26.2. The molecule has 0 radical (unpaired) electrons. The molecule has 4 nitrogen and oxygen atoms in total. The van der Waals surface area contributed by atoms with Gasteiger partial charge in [-0.2, -0.15) is 0 Å². The van der Waals surface area contributed by atoms with E-state index in [1.54, 1.807) is 0 Å². The highest BCUT2D eigenvalue weighted by atomic mass is 16.2. The minimum absolute atomic E-state index is 0.00312. The van der Waals surface area contributed by atoms with Crippen molar-refractivity contribution in [2.24, 2.45) is 0 Å². The zero-order valence-corrected chi connectivity index (χ0v) is 12.3. The summed E-state index contributed by atoms with van der Waals surface area (Å²) in [5, 5.41) is 6.30. The highest BCUT2D eigenvalue weighted by Crippen LogP contribution is 2.25. The Kier molecular flexibility index (Phi) is 6.65. The number of amides is 1. The summed E-state index contributed by atoms with van der Waals surface area (Å²) in [5.74, 6) is 0.173. The Morgan fingerprint density at radius 3 is 2.44 bits per heavy atom. The monoisotopic (exact) mass is 255 g/mol. The van der Waals surface area contributed by atoms with Crippen molar-refractivity contribution in [3.63, 3.8) is 0 Å². The third kappa shape index (κ3) is 4.25. The molecule has 4 heteroatoms. The van der Waals surface area contributed by atoms with E-state index in [-0.39, 0.29) is 11.9 Å². The highest BCUT2D eigenvalue weighted by molar-refractivity contribution is 5.81. The summed E-state index contributed by atoms with van der Waals surface area (Å²) in [6.45, 7) is 11.3. The third-order valence-corrected chi connectivity index (χ3v) is 3.93. The lowest BCUT2D eigenvalue weighted by molar-refractivity contribution is -0.126. The van der Waals surface area contributed by atoms with Gasteiger partial charge in [-0.1, -0.05) is 6.92 Å². The van der Waals surface area contributed by atoms with E-state index in [9.17, 15) is 4.79 Å². The molecule has 0 aromatic heterocycles. The van der Waals surface area contributed by atoms with E-state index in [1.165, 1.54) is 12.8 Å². The Hall–Kier alpha value is -0.610. The Morgan fingerprint density at radius 1 is 1.28 bits per heavy atom. The van der Waals surface area contributed by atoms with Crippen LogP contribution >= 0.6 is 0 Å². The van der Waals surface area contributed by atoms with Crippen LogP contribution in [-0.4, -0.2) is 48.6 Å². The van der Waals surface area contributed by atoms with Crippen molar-refractivity contribution < 1.29 is 4.79 Å². The molecule has 0 saturated carbocycles. The molecule has 0 aliphatic carbocycles. The van der Waals surface area contributed by atoms with Crippen LogP contribution in [0.25, 0.3) is 0 Å². The van der Waals surface area contributed by atoms with Crippen molar-refractivity contribution in [2.75, 3.05) is 19.6 Å². The number of hydrogen-bond acceptors (Lipinski definition) is 3. The lowest BCUT2D eigenvalue weighted by atomic mass is 10.2. The van der Waals surface area contributed by atoms with Gasteiger partial charge < -0.3 is 10.6 Å². The lowest BCUT2D eigenvalue weighted by Crippen LogP contribution is -2.49. The summed E-state index contributed by atoms with van der Waals surface area (Å²) in [4.78, 5) is 14.4. The fourth-order valence-electron chi connectivity index (χ4n) is 2.86. The average molecular weight is 255 g/mol. The highest BCUT2D eigenvalue weighted by Gasteiger charge is 2.33. The first-order chi connectivity index (χ1) is 8.57. The van der Waals surface area contributed by atoms with Crippen molar-refractivity contribution in [3.05, 3.63) is 0 Å². The minimum atomic E-state index is -0.00312. The van der Waals surface area contributed by atoms with Crippen molar-refractivity contribution in [2.45, 2.75) is 65.1 Å². The molecule has 106 valence electrons. The maximum atomic E-state index is 12.1. The topological polar surface area (TPSA) is 44.4 Å². The summed E-state index contributed by atoms with van der Waals surface area (Å²) >= 11 is 0. The summed E-state index contributed by atoms with van der Waals surface area (Å²) in [7, 11) is 0. The van der Waals surface area contributed by atoms with Crippen LogP contribution in [0.15, 0.2) is 0 Å². The van der Waals surface area contributed by atoms with E-state index in [1.807, 2.05) is 6.92 Å². The molecular weight excluding hydrogens is 226 g/mol. The molecule has 1 aliphatic heterocycles. The van der Waals surface area contributed by atoms with E-state index in [4.69, 9.17) is 0 Å². The Balaban J connectivity index is 2.28. The van der Waals surface area contributed by atoms with Crippen LogP contribution in [0.1, 0.15) is 47.0 Å². The Labute approximate surface area is 111 Å². The van der Waals surface area contributed by atoms with E-state index in [0.29, 0.717) is 12.1 Å². The molecule has 1 rings (SSSR count). The number of carbonyl (C=O) groups excluding carboxylic acids is 1. The molecule has 1 fully saturated rings. The summed E-state index contributed by atoms with van der Waals surface area (Å²) in [6, 6.07) is 1.06. The number of carbonyl (C=O) groups is 1. The molecular formula is C14H29N3O. The number of nitrogens with one attached hydrogen (secondary N) is 2. The van der Waals surface area contributed by atoms with Gasteiger partial charge in [-0.05, 0) is 53.1 Å². The molecule has 1 aliphatic rings. The predicted molar refractivity (Wildman–Crippen MR) is 75.6 cm³/mol. The first-order valence-corrected chi connectivity index (χ1v) is 7.33. The van der Waals surface area contributed by atoms with E-state index in [0.717, 1.165) is 26.1 Å². The predicted octanol–water partition coefficient (Wildman–Crippen LogP) is 1.36. The van der Waals surface area contributed by atoms with Gasteiger partial charge in [-0.15, -0.1) is 0 Å². The van der Waals surface area contributed by atoms with Gasteiger partial charge in [0.25, 0.3) is 0 Å². The second kappa shape index (κ2) is 7.74. The molecule has 2 N–H and O–H groups in total. The minimum Gasteiger partial charge on any atom is -0.355 e. The SMILES string of the molecule is CCNCCCNC(=O)C(C)N1C(C)CCC1C. The quantitative estimate of drug-likeness (QED) is 0.675. The standard InChI is InChI=1S/C14H29N3O/c1-5-15-9-6-10-16-14(18)13(4)17-11(2)7-8-12(17)3/h11-13,15H,5-10H2,1-4H3,(H,16,18). The van der Waals surface area contributed by atoms with Crippen LogP contribution in [-0.2, 0) is 4.79 Å². The van der Waals surface area contributed by atoms with Gasteiger partial charge >= 0.3 is 0 Å². The molecule has 1 saturated heterocycles. The van der Waals surface area contributed by atoms with Crippen molar-refractivity contribution >= 4 is 5.91 Å². The summed E-state index contributed by atoms with van der Waals surface area (Å²) in [5.41, 5.74) is 0. The molecule has 1 heterocycles. The maximum Gasteiger partial charge on any atom is 0.237 e. The number of rotatable bonds is 7. The second-order valence-electron chi connectivity index (χ2n) is 5.40. The first kappa shape index (κ1) is 15.4. The molecule has 0 spiro atoms. The van der Waals surface area contributed by atoms with E-state index in [2.05, 4.69) is 36.3 Å². The van der Waals surface area contributed by atoms with Gasteiger partial charge in [-0.25, -0.2) is 0 Å². The largest absolute Gasteiger partial charge is 0.355 e. The molecule has 0 aromatic carbocycles. The second-order valence-corrected chi connectivity index (χ2v) is 5.40. The maximum absolute atomic E-state index is 12.1. The smallest absolute Gasteiger partial charge is 0.237 e. The molecule has 0 bridgehead atoms. The van der Waals surface area contributed by atoms with E-state index < -0.39 is 0 Å². The van der Waals surface area contributed by atoms with Gasteiger partial charge in [0.05, 0.1) is 6.04 Å². The molecule has 0 aromatic rings. The van der Waals surface area contributed by atoms with Crippen LogP contribution in [0.4, 0.5) is 0 Å². The number of likely N-dealkylation sites (tertiary alicyclic amines) is 1. The van der Waals surface area contributed by atoms with Crippen molar-refractivity contribution in [1.82, 2.24) is 15.5 Å². The van der Waals surface area contributed by atoms with Crippen molar-refractivity contribution in [3.8, 4) is 0 Å². The summed E-state index contributed by atoms with van der Waals surface area (Å²) < 4.78 is 0. The van der Waals surface area contributed by atoms with Crippen LogP contribution < -0.4 is 10.6 Å². The third-order valence-electron chi connectivity index (χ3n) is 3.93. The zero-order valence-electron chi connectivity index (χ0n) is 12.3. The molecule has 1 amide bonds. The molecule has 3 unspecified atom stereocenters. The van der Waals surface area contributed by atoms with Gasteiger partial charge in [0, 0.05) is 18.6 Å². The van der Waals surface area contributed by atoms with Crippen LogP contribution in [0.3, 0.4) is 0 Å². The van der Waals surface area contributed by atoms with Gasteiger partial charge in [0.15, 0.2) is 0 Å². The Morgan fingerprint density at radius 2 is 1.89 bits per heavy atom. The number of nitrogens with zero attached hydrogens (tertiary/aromatic N) is 1. The van der Waals surface area contributed by atoms with Crippen LogP contribution in [0, 0.1) is 0 Å². The van der Waals surface area contributed by atoms with Crippen LogP contribution in [0.5, 0.6) is 0 Å². The average Bonchev–Trinajstić information content (AvgIpc) is 2.67. The fourth-order valence-corrected chi connectivity index (χ4v) is 2.86. The zero-order chi connectivity index (χ0) is 13.5. The fraction of sp³-hybridized carbons (Fsp3) is 0.929. The lowest BCUT2D eigenvalue weighted by Gasteiger charge is -2.31. The van der Waals surface area contributed by atoms with Gasteiger partial charge in [0.2, 0.25) is 5.91 Å². The van der Waals surface area contributed by atoms with Crippen LogP contribution in [0.2, 0.25) is 0 Å². The Bertz CT molecular complexity index is 247. The first-order valence-electron chi connectivity index (χ1n) is 7.33. The van der Waals surface area contributed by atoms with Gasteiger partial charge in [0.1, 0.15) is 0 Å². The number of hydrogen-bond donors (Lipinski definition) is 2. The van der Waals surface area contributed by atoms with Crippen molar-refractivity contribution in [1.29, 1.82) is 0 Å². The van der Waals surface area contributed by atoms with E-state index >= 15 is 0 Å². The van der Waals surface area contributed by atoms with Gasteiger partial charge in [-0.3, -0.25) is 9.69 Å². The molecule has 18 heavy (non-hydrogen) atoms. The summed E-state index contributed by atoms with van der Waals surface area (Å²) in [6.07, 6.45) is 3.41.